The fourth-order valence-corrected chi connectivity index (χ4v) is 3.39. The molecule has 0 radical (unpaired) electrons. The van der Waals surface area contributed by atoms with Crippen LogP contribution in [0.1, 0.15) is 16.7 Å². The van der Waals surface area contributed by atoms with Crippen LogP contribution in [0.2, 0.25) is 0 Å². The second kappa shape index (κ2) is 9.39. The molecule has 2 aromatic carbocycles. The van der Waals surface area contributed by atoms with Gasteiger partial charge in [0.05, 0.1) is 20.6 Å². The Balaban J connectivity index is 1.63. The monoisotopic (exact) mass is 415 g/mol. The molecule has 0 N–H and O–H groups in total. The summed E-state index contributed by atoms with van der Waals surface area (Å²) in [6.45, 7) is -0.302. The zero-order valence-electron chi connectivity index (χ0n) is 16.7. The van der Waals surface area contributed by atoms with Crippen molar-refractivity contribution in [1.82, 2.24) is 4.90 Å². The Hall–Kier alpha value is -3.42. The predicted molar refractivity (Wildman–Crippen MR) is 104 cm³/mol. The number of esters is 2. The van der Waals surface area contributed by atoms with E-state index < -0.39 is 36.3 Å². The summed E-state index contributed by atoms with van der Waals surface area (Å²) in [4.78, 5) is 38.3. The van der Waals surface area contributed by atoms with Gasteiger partial charge < -0.3 is 19.1 Å². The third kappa shape index (κ3) is 4.76. The molecule has 0 aliphatic carbocycles. The first kappa shape index (κ1) is 21.3. The number of hydrogen-bond donors (Lipinski definition) is 0. The van der Waals surface area contributed by atoms with E-state index in [4.69, 9.17) is 14.2 Å². The maximum absolute atomic E-state index is 13.7. The molecule has 2 aromatic rings. The van der Waals surface area contributed by atoms with Crippen LogP contribution in [-0.4, -0.2) is 49.6 Å². The summed E-state index contributed by atoms with van der Waals surface area (Å²) in [5, 5.41) is 0. The SMILES string of the molecule is COC(=O)[C@@H]1Cc2ccccc2CN1C(=O)COC(=O)Cc1ccc(OC)c(F)c1. The lowest BCUT2D eigenvalue weighted by atomic mass is 9.94. The number of nitrogens with zero attached hydrogens (tertiary/aromatic N) is 1. The predicted octanol–water partition coefficient (Wildman–Crippen LogP) is 2.05. The normalized spacial score (nSPS) is 15.2. The van der Waals surface area contributed by atoms with Gasteiger partial charge in [-0.2, -0.15) is 0 Å². The Kier molecular flexibility index (Phi) is 6.66. The van der Waals surface area contributed by atoms with E-state index in [1.807, 2.05) is 24.3 Å². The van der Waals surface area contributed by atoms with Crippen LogP contribution in [0, 0.1) is 5.82 Å². The molecule has 7 nitrogen and oxygen atoms in total. The van der Waals surface area contributed by atoms with E-state index in [0.29, 0.717) is 12.0 Å². The molecule has 8 heteroatoms. The van der Waals surface area contributed by atoms with Crippen molar-refractivity contribution in [1.29, 1.82) is 0 Å². The molecule has 1 aliphatic rings. The van der Waals surface area contributed by atoms with Crippen molar-refractivity contribution in [3.05, 3.63) is 65.0 Å². The Morgan fingerprint density at radius 3 is 2.50 bits per heavy atom. The van der Waals surface area contributed by atoms with Gasteiger partial charge in [0.1, 0.15) is 6.04 Å². The Labute approximate surface area is 173 Å². The molecule has 3 rings (SSSR count). The van der Waals surface area contributed by atoms with Crippen LogP contribution in [0.4, 0.5) is 4.39 Å². The summed E-state index contributed by atoms with van der Waals surface area (Å²) < 4.78 is 28.5. The fourth-order valence-electron chi connectivity index (χ4n) is 3.39. The first-order chi connectivity index (χ1) is 14.4. The van der Waals surface area contributed by atoms with E-state index in [2.05, 4.69) is 0 Å². The number of amides is 1. The van der Waals surface area contributed by atoms with Crippen molar-refractivity contribution < 1.29 is 33.0 Å². The van der Waals surface area contributed by atoms with Gasteiger partial charge in [0.25, 0.3) is 5.91 Å². The van der Waals surface area contributed by atoms with Gasteiger partial charge >= 0.3 is 11.9 Å². The standard InChI is InChI=1S/C22H22FNO6/c1-28-19-8-7-14(9-17(19)23)10-21(26)30-13-20(25)24-12-16-6-4-3-5-15(16)11-18(24)22(27)29-2/h3-9,18H,10-13H2,1-2H3/t18-/m0/s1. The van der Waals surface area contributed by atoms with Gasteiger partial charge in [-0.15, -0.1) is 0 Å². The maximum Gasteiger partial charge on any atom is 0.328 e. The highest BCUT2D eigenvalue weighted by Gasteiger charge is 2.35. The average molecular weight is 415 g/mol. The molecule has 30 heavy (non-hydrogen) atoms. The zero-order valence-corrected chi connectivity index (χ0v) is 16.7. The largest absolute Gasteiger partial charge is 0.494 e. The summed E-state index contributed by atoms with van der Waals surface area (Å²) in [6, 6.07) is 10.9. The number of benzene rings is 2. The van der Waals surface area contributed by atoms with E-state index in [1.54, 1.807) is 6.07 Å². The lowest BCUT2D eigenvalue weighted by Gasteiger charge is -2.35. The van der Waals surface area contributed by atoms with Crippen LogP contribution in [0.25, 0.3) is 0 Å². The number of carbonyl (C=O) groups excluding carboxylic acids is 3. The third-order valence-corrected chi connectivity index (χ3v) is 4.96. The van der Waals surface area contributed by atoms with Crippen LogP contribution in [0.5, 0.6) is 5.75 Å². The lowest BCUT2D eigenvalue weighted by molar-refractivity contribution is -0.159. The van der Waals surface area contributed by atoms with Gasteiger partial charge in [-0.05, 0) is 28.8 Å². The minimum absolute atomic E-state index is 0.0709. The Bertz CT molecular complexity index is 960. The molecule has 0 bridgehead atoms. The first-order valence-corrected chi connectivity index (χ1v) is 9.35. The Morgan fingerprint density at radius 1 is 1.10 bits per heavy atom. The molecule has 158 valence electrons. The number of fused-ring (bicyclic) bond motifs is 1. The molecule has 0 aromatic heterocycles. The highest BCUT2D eigenvalue weighted by Crippen LogP contribution is 2.24. The third-order valence-electron chi connectivity index (χ3n) is 4.96. The van der Waals surface area contributed by atoms with E-state index in [9.17, 15) is 18.8 Å². The van der Waals surface area contributed by atoms with E-state index in [1.165, 1.54) is 31.3 Å². The van der Waals surface area contributed by atoms with E-state index in [0.717, 1.165) is 11.1 Å². The summed E-state index contributed by atoms with van der Waals surface area (Å²) in [6.07, 6.45) is 0.130. The molecular formula is C22H22FNO6. The van der Waals surface area contributed by atoms with Crippen LogP contribution in [0.15, 0.2) is 42.5 Å². The maximum atomic E-state index is 13.7. The number of methoxy groups -OCH3 is 2. The molecule has 0 fully saturated rings. The molecule has 0 spiro atoms. The summed E-state index contributed by atoms with van der Waals surface area (Å²) in [5.41, 5.74) is 2.28. The van der Waals surface area contributed by atoms with Gasteiger partial charge in [0, 0.05) is 13.0 Å². The van der Waals surface area contributed by atoms with Gasteiger partial charge in [-0.1, -0.05) is 30.3 Å². The van der Waals surface area contributed by atoms with Gasteiger partial charge in [-0.25, -0.2) is 9.18 Å². The Morgan fingerprint density at radius 2 is 1.83 bits per heavy atom. The highest BCUT2D eigenvalue weighted by molar-refractivity contribution is 5.87. The summed E-state index contributed by atoms with van der Waals surface area (Å²) in [7, 11) is 2.61. The number of rotatable bonds is 6. The molecule has 0 saturated heterocycles. The van der Waals surface area contributed by atoms with Crippen molar-refractivity contribution >= 4 is 17.8 Å². The van der Waals surface area contributed by atoms with Crippen LogP contribution in [-0.2, 0) is 43.2 Å². The van der Waals surface area contributed by atoms with Crippen molar-refractivity contribution in [2.24, 2.45) is 0 Å². The fraction of sp³-hybridized carbons (Fsp3) is 0.318. The second-order valence-electron chi connectivity index (χ2n) is 6.84. The molecule has 0 unspecified atom stereocenters. The average Bonchev–Trinajstić information content (AvgIpc) is 2.76. The van der Waals surface area contributed by atoms with Crippen molar-refractivity contribution in [3.8, 4) is 5.75 Å². The highest BCUT2D eigenvalue weighted by atomic mass is 19.1. The summed E-state index contributed by atoms with van der Waals surface area (Å²) >= 11 is 0. The molecule has 1 heterocycles. The quantitative estimate of drug-likeness (QED) is 0.672. The van der Waals surface area contributed by atoms with Crippen LogP contribution >= 0.6 is 0 Å². The number of halogens is 1. The van der Waals surface area contributed by atoms with Crippen molar-refractivity contribution in [2.45, 2.75) is 25.4 Å². The minimum atomic E-state index is -0.785. The number of hydrogen-bond acceptors (Lipinski definition) is 6. The van der Waals surface area contributed by atoms with E-state index in [-0.39, 0.29) is 18.7 Å². The van der Waals surface area contributed by atoms with Crippen molar-refractivity contribution in [2.75, 3.05) is 20.8 Å². The first-order valence-electron chi connectivity index (χ1n) is 9.35. The van der Waals surface area contributed by atoms with Gasteiger partial charge in [0.2, 0.25) is 0 Å². The van der Waals surface area contributed by atoms with Crippen LogP contribution < -0.4 is 4.74 Å². The minimum Gasteiger partial charge on any atom is -0.494 e. The number of carbonyl (C=O) groups is 3. The smallest absolute Gasteiger partial charge is 0.328 e. The van der Waals surface area contributed by atoms with Gasteiger partial charge in [0.15, 0.2) is 18.2 Å². The van der Waals surface area contributed by atoms with E-state index >= 15 is 0 Å². The molecule has 1 amide bonds. The zero-order chi connectivity index (χ0) is 21.7. The lowest BCUT2D eigenvalue weighted by Crippen LogP contribution is -2.50. The van der Waals surface area contributed by atoms with Gasteiger partial charge in [-0.3, -0.25) is 9.59 Å². The van der Waals surface area contributed by atoms with Crippen LogP contribution in [0.3, 0.4) is 0 Å². The molecule has 1 atom stereocenters. The summed E-state index contributed by atoms with van der Waals surface area (Å²) in [5.74, 6) is -2.24. The molecule has 1 aliphatic heterocycles. The molecular weight excluding hydrogens is 393 g/mol. The second-order valence-corrected chi connectivity index (χ2v) is 6.84. The van der Waals surface area contributed by atoms with Crippen molar-refractivity contribution in [3.63, 3.8) is 0 Å². The molecule has 0 saturated carbocycles. The topological polar surface area (TPSA) is 82.1 Å². The number of ether oxygens (including phenoxy) is 3.